The third-order valence-electron chi connectivity index (χ3n) is 3.11. The van der Waals surface area contributed by atoms with Gasteiger partial charge in [0.15, 0.2) is 5.65 Å². The van der Waals surface area contributed by atoms with E-state index in [0.717, 1.165) is 12.8 Å². The topological polar surface area (TPSA) is 81.4 Å². The molecule has 0 aliphatic heterocycles. The van der Waals surface area contributed by atoms with Crippen LogP contribution in [0, 0.1) is 0 Å². The second-order valence-electron chi connectivity index (χ2n) is 4.82. The average Bonchev–Trinajstić information content (AvgIpc) is 2.93. The molecule has 2 aromatic heterocycles. The standard InChI is InChI=1S/C13H16F3N5O2/c1-23-11(22)5-3-2-4-8-17-9-6-7-10-18-19-12(13(14,15)16)21(10)20-9/h6-7H,2-5,8H2,1H3,(H,17,20). The van der Waals surface area contributed by atoms with Crippen LogP contribution in [-0.2, 0) is 15.7 Å². The lowest BCUT2D eigenvalue weighted by molar-refractivity contribution is -0.146. The van der Waals surface area contributed by atoms with E-state index in [4.69, 9.17) is 0 Å². The summed E-state index contributed by atoms with van der Waals surface area (Å²) in [6.45, 7) is 0.531. The van der Waals surface area contributed by atoms with Crippen LogP contribution in [-0.4, -0.2) is 39.4 Å². The Hall–Kier alpha value is -2.39. The number of nitrogens with zero attached hydrogens (tertiary/aromatic N) is 4. The summed E-state index contributed by atoms with van der Waals surface area (Å²) in [4.78, 5) is 10.9. The molecule has 126 valence electrons. The summed E-state index contributed by atoms with van der Waals surface area (Å²) in [5.41, 5.74) is 0.0287. The van der Waals surface area contributed by atoms with Crippen molar-refractivity contribution in [3.63, 3.8) is 0 Å². The first-order valence-corrected chi connectivity index (χ1v) is 7.02. The van der Waals surface area contributed by atoms with Gasteiger partial charge in [0.1, 0.15) is 5.82 Å². The van der Waals surface area contributed by atoms with Crippen molar-refractivity contribution >= 4 is 17.4 Å². The molecule has 0 aliphatic rings. The van der Waals surface area contributed by atoms with E-state index in [2.05, 4.69) is 25.3 Å². The monoisotopic (exact) mass is 331 g/mol. The summed E-state index contributed by atoms with van der Waals surface area (Å²) in [5, 5.41) is 13.3. The van der Waals surface area contributed by atoms with Crippen LogP contribution in [0.3, 0.4) is 0 Å². The first-order chi connectivity index (χ1) is 10.9. The molecule has 7 nitrogen and oxygen atoms in total. The van der Waals surface area contributed by atoms with Crippen LogP contribution >= 0.6 is 0 Å². The summed E-state index contributed by atoms with van der Waals surface area (Å²) >= 11 is 0. The number of halogens is 3. The number of esters is 1. The maximum atomic E-state index is 12.7. The zero-order valence-corrected chi connectivity index (χ0v) is 12.4. The van der Waals surface area contributed by atoms with Crippen molar-refractivity contribution in [2.75, 3.05) is 19.0 Å². The minimum absolute atomic E-state index is 0.0287. The lowest BCUT2D eigenvalue weighted by atomic mass is 10.2. The predicted octanol–water partition coefficient (Wildman–Crippen LogP) is 2.29. The molecule has 0 spiro atoms. The molecule has 0 fully saturated rings. The van der Waals surface area contributed by atoms with E-state index in [9.17, 15) is 18.0 Å². The minimum Gasteiger partial charge on any atom is -0.469 e. The van der Waals surface area contributed by atoms with Crippen molar-refractivity contribution < 1.29 is 22.7 Å². The number of methoxy groups -OCH3 is 1. The van der Waals surface area contributed by atoms with E-state index in [-0.39, 0.29) is 11.6 Å². The van der Waals surface area contributed by atoms with Crippen molar-refractivity contribution in [2.45, 2.75) is 31.9 Å². The fourth-order valence-corrected chi connectivity index (χ4v) is 1.95. The van der Waals surface area contributed by atoms with Gasteiger partial charge in [0, 0.05) is 13.0 Å². The summed E-state index contributed by atoms with van der Waals surface area (Å²) in [5.74, 6) is -1.11. The quantitative estimate of drug-likeness (QED) is 0.619. The van der Waals surface area contributed by atoms with Crippen molar-refractivity contribution in [1.29, 1.82) is 0 Å². The van der Waals surface area contributed by atoms with Gasteiger partial charge < -0.3 is 10.1 Å². The van der Waals surface area contributed by atoms with Gasteiger partial charge in [-0.15, -0.1) is 15.3 Å². The van der Waals surface area contributed by atoms with Crippen molar-refractivity contribution in [3.8, 4) is 0 Å². The predicted molar refractivity (Wildman–Crippen MR) is 74.8 cm³/mol. The molecule has 0 unspecified atom stereocenters. The van der Waals surface area contributed by atoms with Crippen molar-refractivity contribution in [3.05, 3.63) is 18.0 Å². The second-order valence-corrected chi connectivity index (χ2v) is 4.82. The first kappa shape index (κ1) is 17.0. The zero-order valence-electron chi connectivity index (χ0n) is 12.4. The van der Waals surface area contributed by atoms with E-state index in [1.807, 2.05) is 0 Å². The SMILES string of the molecule is COC(=O)CCCCCNc1ccc2nnc(C(F)(F)F)n2n1. The Kier molecular flexibility index (Phi) is 5.35. The molecule has 23 heavy (non-hydrogen) atoms. The Morgan fingerprint density at radius 2 is 2.04 bits per heavy atom. The lowest BCUT2D eigenvalue weighted by Gasteiger charge is -2.07. The highest BCUT2D eigenvalue weighted by Gasteiger charge is 2.37. The van der Waals surface area contributed by atoms with Crippen LogP contribution in [0.25, 0.3) is 5.65 Å². The van der Waals surface area contributed by atoms with E-state index in [1.54, 1.807) is 6.07 Å². The molecule has 2 rings (SSSR count). The molecular weight excluding hydrogens is 315 g/mol. The molecule has 1 N–H and O–H groups in total. The zero-order chi connectivity index (χ0) is 16.9. The minimum atomic E-state index is -4.61. The molecule has 10 heteroatoms. The molecule has 0 amide bonds. The lowest BCUT2D eigenvalue weighted by Crippen LogP contribution is -2.13. The molecule has 0 radical (unpaired) electrons. The number of nitrogens with one attached hydrogen (secondary N) is 1. The number of ether oxygens (including phenoxy) is 1. The van der Waals surface area contributed by atoms with E-state index in [0.29, 0.717) is 29.7 Å². The molecule has 0 aromatic carbocycles. The summed E-state index contributed by atoms with van der Waals surface area (Å²) < 4.78 is 43.4. The van der Waals surface area contributed by atoms with E-state index >= 15 is 0 Å². The number of carbonyl (C=O) groups excluding carboxylic acids is 1. The molecule has 2 aromatic rings. The maximum Gasteiger partial charge on any atom is 0.453 e. The molecule has 0 saturated carbocycles. The number of fused-ring (bicyclic) bond motifs is 1. The molecule has 2 heterocycles. The van der Waals surface area contributed by atoms with Crippen LogP contribution in [0.15, 0.2) is 12.1 Å². The summed E-state index contributed by atoms with van der Waals surface area (Å²) in [7, 11) is 1.34. The Bertz CT molecular complexity index is 671. The van der Waals surface area contributed by atoms with Crippen LogP contribution in [0.1, 0.15) is 31.5 Å². The second kappa shape index (κ2) is 7.25. The van der Waals surface area contributed by atoms with Crippen LogP contribution in [0.2, 0.25) is 0 Å². The highest BCUT2D eigenvalue weighted by Crippen LogP contribution is 2.27. The maximum absolute atomic E-state index is 12.7. The van der Waals surface area contributed by atoms with E-state index in [1.165, 1.54) is 13.2 Å². The largest absolute Gasteiger partial charge is 0.469 e. The van der Waals surface area contributed by atoms with Crippen LogP contribution in [0.4, 0.5) is 19.0 Å². The van der Waals surface area contributed by atoms with Gasteiger partial charge in [-0.2, -0.15) is 17.7 Å². The van der Waals surface area contributed by atoms with E-state index < -0.39 is 12.0 Å². The number of alkyl halides is 3. The Labute approximate surface area is 129 Å². The molecule has 0 atom stereocenters. The Morgan fingerprint density at radius 3 is 2.74 bits per heavy atom. The van der Waals surface area contributed by atoms with Crippen molar-refractivity contribution in [1.82, 2.24) is 19.8 Å². The van der Waals surface area contributed by atoms with Crippen LogP contribution < -0.4 is 5.32 Å². The number of rotatable bonds is 7. The van der Waals surface area contributed by atoms with Gasteiger partial charge >= 0.3 is 12.1 Å². The van der Waals surface area contributed by atoms with Gasteiger partial charge in [-0.05, 0) is 25.0 Å². The van der Waals surface area contributed by atoms with Gasteiger partial charge in [0.25, 0.3) is 5.82 Å². The van der Waals surface area contributed by atoms with Crippen LogP contribution in [0.5, 0.6) is 0 Å². The average molecular weight is 331 g/mol. The third-order valence-corrected chi connectivity index (χ3v) is 3.11. The normalized spacial score (nSPS) is 11.7. The molecule has 0 saturated heterocycles. The summed E-state index contributed by atoms with van der Waals surface area (Å²) in [6.07, 6.45) is -2.00. The Balaban J connectivity index is 1.87. The third kappa shape index (κ3) is 4.54. The number of aromatic nitrogens is 4. The molecule has 0 aliphatic carbocycles. The number of hydrogen-bond acceptors (Lipinski definition) is 6. The smallest absolute Gasteiger partial charge is 0.453 e. The van der Waals surface area contributed by atoms with Gasteiger partial charge in [0.2, 0.25) is 0 Å². The molecule has 0 bridgehead atoms. The number of carbonyl (C=O) groups is 1. The summed E-state index contributed by atoms with van der Waals surface area (Å²) in [6, 6.07) is 2.95. The fraction of sp³-hybridized carbons (Fsp3) is 0.538. The molecular formula is C13H16F3N5O2. The van der Waals surface area contributed by atoms with Gasteiger partial charge in [-0.1, -0.05) is 6.42 Å². The number of hydrogen-bond donors (Lipinski definition) is 1. The Morgan fingerprint density at radius 1 is 1.26 bits per heavy atom. The van der Waals surface area contributed by atoms with Gasteiger partial charge in [0.05, 0.1) is 7.11 Å². The number of unbranched alkanes of at least 4 members (excludes halogenated alkanes) is 2. The highest BCUT2D eigenvalue weighted by atomic mass is 19.4. The highest BCUT2D eigenvalue weighted by molar-refractivity contribution is 5.68. The van der Waals surface area contributed by atoms with Crippen molar-refractivity contribution in [2.24, 2.45) is 0 Å². The number of anilines is 1. The van der Waals surface area contributed by atoms with Gasteiger partial charge in [-0.3, -0.25) is 4.79 Å². The first-order valence-electron chi connectivity index (χ1n) is 7.02. The van der Waals surface area contributed by atoms with Gasteiger partial charge in [-0.25, -0.2) is 0 Å². The fourth-order valence-electron chi connectivity index (χ4n) is 1.95.